The molecule has 0 radical (unpaired) electrons. The van der Waals surface area contributed by atoms with Crippen molar-refractivity contribution in [3.63, 3.8) is 0 Å². The first-order chi connectivity index (χ1) is 21.7. The number of benzene rings is 3. The van der Waals surface area contributed by atoms with Crippen molar-refractivity contribution in [2.45, 2.75) is 17.4 Å². The Morgan fingerprint density at radius 3 is 2.36 bits per heavy atom. The van der Waals surface area contributed by atoms with Crippen LogP contribution in [0, 0.1) is 17.2 Å². The molecule has 2 saturated heterocycles. The van der Waals surface area contributed by atoms with Gasteiger partial charge in [0.1, 0.15) is 11.8 Å². The number of carbonyl (C=O) groups excluding carboxylic acids is 1. The molecule has 0 N–H and O–H groups in total. The van der Waals surface area contributed by atoms with E-state index < -0.39 is 21.8 Å². The maximum atomic E-state index is 14.5. The summed E-state index contributed by atoms with van der Waals surface area (Å²) >= 11 is 0. The molecular formula is C33H36N6O5S. The minimum atomic E-state index is -4.40. The third-order valence-electron chi connectivity index (χ3n) is 8.88. The standard InChI is InChI=1S/C33H36N6O5S/c1-35-16-18-36(19-17-35)22-25-14-15-37(23-25)32(40)31(26-6-4-3-5-7-26)38-30-20-24(21-34)8-13-29(30)39(33(38)41)45(42,43)28-11-9-27(44-2)10-12-28/h3-13,20,25,31H,14-19,22-23H2,1-2H3/t25-,31?/m0/s1. The predicted molar refractivity (Wildman–Crippen MR) is 170 cm³/mol. The minimum Gasteiger partial charge on any atom is -0.497 e. The van der Waals surface area contributed by atoms with Gasteiger partial charge in [-0.25, -0.2) is 13.2 Å². The Morgan fingerprint density at radius 2 is 1.69 bits per heavy atom. The summed E-state index contributed by atoms with van der Waals surface area (Å²) < 4.78 is 35.2. The van der Waals surface area contributed by atoms with Gasteiger partial charge in [-0.2, -0.15) is 9.23 Å². The molecule has 0 aliphatic carbocycles. The van der Waals surface area contributed by atoms with Gasteiger partial charge in [-0.15, -0.1) is 0 Å². The Morgan fingerprint density at radius 1 is 0.978 bits per heavy atom. The van der Waals surface area contributed by atoms with Gasteiger partial charge < -0.3 is 19.4 Å². The molecule has 4 aromatic rings. The number of nitrogens with zero attached hydrogens (tertiary/aromatic N) is 6. The number of piperazine rings is 1. The molecule has 3 aromatic carbocycles. The van der Waals surface area contributed by atoms with Crippen molar-refractivity contribution in [1.82, 2.24) is 23.2 Å². The van der Waals surface area contributed by atoms with E-state index in [0.29, 0.717) is 30.3 Å². The van der Waals surface area contributed by atoms with Gasteiger partial charge in [0.25, 0.3) is 10.0 Å². The number of rotatable bonds is 8. The van der Waals surface area contributed by atoms with Gasteiger partial charge in [0.15, 0.2) is 0 Å². The lowest BCUT2D eigenvalue weighted by Gasteiger charge is -2.34. The lowest BCUT2D eigenvalue weighted by atomic mass is 10.0. The Bertz CT molecular complexity index is 1910. The molecule has 12 heteroatoms. The second-order valence-corrected chi connectivity index (χ2v) is 13.6. The summed E-state index contributed by atoms with van der Waals surface area (Å²) in [6.45, 7) is 6.01. The number of carbonyl (C=O) groups is 1. The lowest BCUT2D eigenvalue weighted by Crippen LogP contribution is -2.46. The van der Waals surface area contributed by atoms with Gasteiger partial charge in [0, 0.05) is 45.8 Å². The van der Waals surface area contributed by atoms with Crippen LogP contribution in [0.4, 0.5) is 0 Å². The van der Waals surface area contributed by atoms with Crippen molar-refractivity contribution in [2.75, 3.05) is 60.0 Å². The van der Waals surface area contributed by atoms with Crippen LogP contribution in [0.2, 0.25) is 0 Å². The lowest BCUT2D eigenvalue weighted by molar-refractivity contribution is -0.132. The number of aromatic nitrogens is 2. The third-order valence-corrected chi connectivity index (χ3v) is 10.6. The number of hydrogen-bond acceptors (Lipinski definition) is 8. The smallest absolute Gasteiger partial charge is 0.344 e. The molecule has 1 aromatic heterocycles. The maximum Gasteiger partial charge on any atom is 0.344 e. The van der Waals surface area contributed by atoms with Crippen molar-refractivity contribution in [2.24, 2.45) is 5.92 Å². The monoisotopic (exact) mass is 628 g/mol. The number of nitriles is 1. The molecule has 234 valence electrons. The van der Waals surface area contributed by atoms with E-state index in [-0.39, 0.29) is 27.4 Å². The number of amides is 1. The van der Waals surface area contributed by atoms with Gasteiger partial charge in [-0.3, -0.25) is 9.36 Å². The molecule has 1 unspecified atom stereocenters. The van der Waals surface area contributed by atoms with Crippen LogP contribution in [0.5, 0.6) is 5.75 Å². The summed E-state index contributed by atoms with van der Waals surface area (Å²) in [7, 11) is -0.799. The molecule has 2 atom stereocenters. The van der Waals surface area contributed by atoms with Crippen molar-refractivity contribution < 1.29 is 17.9 Å². The molecule has 0 saturated carbocycles. The highest BCUT2D eigenvalue weighted by Crippen LogP contribution is 2.30. The van der Waals surface area contributed by atoms with Gasteiger partial charge in [0.05, 0.1) is 34.7 Å². The molecule has 45 heavy (non-hydrogen) atoms. The van der Waals surface area contributed by atoms with E-state index in [1.807, 2.05) is 6.07 Å². The number of likely N-dealkylation sites (N-methyl/N-ethyl adjacent to an activating group) is 1. The van der Waals surface area contributed by atoms with Gasteiger partial charge in [0.2, 0.25) is 5.91 Å². The normalized spacial score (nSPS) is 18.6. The summed E-state index contributed by atoms with van der Waals surface area (Å²) in [6, 6.07) is 20.0. The molecule has 6 rings (SSSR count). The second-order valence-electron chi connectivity index (χ2n) is 11.8. The SMILES string of the molecule is COc1ccc(S(=O)(=O)n2c(=O)n(C(C(=O)N3CC[C@@H](CN4CCN(C)CC4)C3)c3ccccc3)c3cc(C#N)ccc32)cc1. The summed E-state index contributed by atoms with van der Waals surface area (Å²) in [5.41, 5.74) is 0.175. The number of methoxy groups -OCH3 is 1. The highest BCUT2D eigenvalue weighted by molar-refractivity contribution is 7.90. The second kappa shape index (κ2) is 12.5. The van der Waals surface area contributed by atoms with Crippen molar-refractivity contribution in [3.05, 3.63) is 94.4 Å². The maximum absolute atomic E-state index is 14.5. The zero-order chi connectivity index (χ0) is 31.7. The molecule has 2 aliphatic heterocycles. The van der Waals surface area contributed by atoms with Gasteiger partial charge in [-0.1, -0.05) is 30.3 Å². The minimum absolute atomic E-state index is 0.0814. The molecule has 2 aliphatic rings. The number of fused-ring (bicyclic) bond motifs is 1. The van der Waals surface area contributed by atoms with Crippen LogP contribution in [-0.4, -0.2) is 97.5 Å². The van der Waals surface area contributed by atoms with Crippen LogP contribution in [0.25, 0.3) is 11.0 Å². The van der Waals surface area contributed by atoms with Crippen LogP contribution in [0.3, 0.4) is 0 Å². The van der Waals surface area contributed by atoms with Crippen LogP contribution >= 0.6 is 0 Å². The first kappa shape index (κ1) is 30.6. The van der Waals surface area contributed by atoms with E-state index in [4.69, 9.17) is 4.74 Å². The first-order valence-electron chi connectivity index (χ1n) is 15.0. The zero-order valence-corrected chi connectivity index (χ0v) is 26.2. The van der Waals surface area contributed by atoms with Crippen LogP contribution in [0.15, 0.2) is 82.5 Å². The van der Waals surface area contributed by atoms with E-state index in [2.05, 4.69) is 22.9 Å². The third kappa shape index (κ3) is 5.86. The van der Waals surface area contributed by atoms with Crippen LogP contribution < -0.4 is 10.4 Å². The van der Waals surface area contributed by atoms with E-state index in [1.54, 1.807) is 29.2 Å². The van der Waals surface area contributed by atoms with Crippen molar-refractivity contribution in [1.29, 1.82) is 5.26 Å². The zero-order valence-electron chi connectivity index (χ0n) is 25.4. The molecule has 11 nitrogen and oxygen atoms in total. The quantitative estimate of drug-likeness (QED) is 0.292. The summed E-state index contributed by atoms with van der Waals surface area (Å²) in [4.78, 5) is 35.3. The van der Waals surface area contributed by atoms with E-state index in [1.165, 1.54) is 54.1 Å². The number of imidazole rings is 1. The van der Waals surface area contributed by atoms with Crippen molar-refractivity contribution >= 4 is 27.0 Å². The molecular weight excluding hydrogens is 592 g/mol. The number of ether oxygens (including phenoxy) is 1. The average Bonchev–Trinajstić information content (AvgIpc) is 3.64. The van der Waals surface area contributed by atoms with Crippen molar-refractivity contribution in [3.8, 4) is 11.8 Å². The number of likely N-dealkylation sites (tertiary alicyclic amines) is 1. The highest BCUT2D eigenvalue weighted by Gasteiger charge is 2.37. The Balaban J connectivity index is 1.44. The van der Waals surface area contributed by atoms with E-state index >= 15 is 0 Å². The topological polar surface area (TPSA) is 121 Å². The van der Waals surface area contributed by atoms with E-state index in [0.717, 1.165) is 43.1 Å². The molecule has 2 fully saturated rings. The Labute approximate surface area is 262 Å². The molecule has 0 bridgehead atoms. The fraction of sp³-hybridized carbons (Fsp3) is 0.364. The largest absolute Gasteiger partial charge is 0.497 e. The van der Waals surface area contributed by atoms with Gasteiger partial charge in [-0.05, 0) is 67.4 Å². The van der Waals surface area contributed by atoms with Crippen LogP contribution in [0.1, 0.15) is 23.6 Å². The molecule has 3 heterocycles. The Kier molecular flexibility index (Phi) is 8.50. The summed E-state index contributed by atoms with van der Waals surface area (Å²) in [5, 5.41) is 9.71. The summed E-state index contributed by atoms with van der Waals surface area (Å²) in [6.07, 6.45) is 0.848. The fourth-order valence-electron chi connectivity index (χ4n) is 6.38. The fourth-order valence-corrected chi connectivity index (χ4v) is 7.78. The Hall–Kier alpha value is -4.44. The molecule has 0 spiro atoms. The highest BCUT2D eigenvalue weighted by atomic mass is 32.2. The summed E-state index contributed by atoms with van der Waals surface area (Å²) in [5.74, 6) is 0.480. The van der Waals surface area contributed by atoms with E-state index in [9.17, 15) is 23.3 Å². The molecule has 1 amide bonds. The first-order valence-corrected chi connectivity index (χ1v) is 16.5. The predicted octanol–water partition coefficient (Wildman–Crippen LogP) is 2.61. The number of hydrogen-bond donors (Lipinski definition) is 0. The average molecular weight is 629 g/mol. The van der Waals surface area contributed by atoms with Crippen LogP contribution in [-0.2, 0) is 14.8 Å². The van der Waals surface area contributed by atoms with Gasteiger partial charge >= 0.3 is 5.69 Å².